The first-order chi connectivity index (χ1) is 8.92. The van der Waals surface area contributed by atoms with Gasteiger partial charge in [-0.25, -0.2) is 0 Å². The lowest BCUT2D eigenvalue weighted by molar-refractivity contribution is -0.124. The Balaban J connectivity index is 2.56. The van der Waals surface area contributed by atoms with Gasteiger partial charge in [0.05, 0.1) is 12.6 Å². The van der Waals surface area contributed by atoms with Gasteiger partial charge in [-0.1, -0.05) is 20.8 Å². The second-order valence-corrected chi connectivity index (χ2v) is 5.73. The summed E-state index contributed by atoms with van der Waals surface area (Å²) in [6, 6.07) is 2.64. The van der Waals surface area contributed by atoms with E-state index in [1.54, 1.807) is 6.92 Å². The highest BCUT2D eigenvalue weighted by molar-refractivity contribution is 5.79. The number of likely N-dealkylation sites (N-methyl/N-ethyl adjacent to an activating group) is 1. The van der Waals surface area contributed by atoms with Crippen LogP contribution in [0.1, 0.15) is 34.1 Å². The van der Waals surface area contributed by atoms with Crippen LogP contribution in [0.15, 0.2) is 0 Å². The van der Waals surface area contributed by atoms with Crippen LogP contribution in [0.2, 0.25) is 0 Å². The maximum absolute atomic E-state index is 12.1. The smallest absolute Gasteiger partial charge is 0.235 e. The molecule has 5 heteroatoms. The molecular weight excluding hydrogens is 240 g/mol. The number of nitrogens with zero attached hydrogens (tertiary/aromatic N) is 2. The Bertz CT molecular complexity index is 344. The first-order valence-electron chi connectivity index (χ1n) is 7.10. The summed E-state index contributed by atoms with van der Waals surface area (Å²) < 4.78 is 0. The van der Waals surface area contributed by atoms with Gasteiger partial charge in [0.25, 0.3) is 0 Å². The molecule has 2 N–H and O–H groups in total. The zero-order valence-electron chi connectivity index (χ0n) is 12.5. The predicted molar refractivity (Wildman–Crippen MR) is 75.5 cm³/mol. The first-order valence-corrected chi connectivity index (χ1v) is 7.10. The Kier molecular flexibility index (Phi) is 5.77. The molecule has 0 aromatic carbocycles. The third-order valence-electron chi connectivity index (χ3n) is 4.09. The van der Waals surface area contributed by atoms with Crippen LogP contribution < -0.4 is 10.6 Å². The van der Waals surface area contributed by atoms with Crippen LogP contribution in [-0.2, 0) is 4.79 Å². The molecule has 19 heavy (non-hydrogen) atoms. The number of amides is 1. The molecule has 5 nitrogen and oxygen atoms in total. The van der Waals surface area contributed by atoms with E-state index in [4.69, 9.17) is 0 Å². The van der Waals surface area contributed by atoms with Gasteiger partial charge in [-0.05, 0) is 32.4 Å². The van der Waals surface area contributed by atoms with Crippen LogP contribution in [0, 0.1) is 17.2 Å². The molecule has 108 valence electrons. The van der Waals surface area contributed by atoms with E-state index in [2.05, 4.69) is 28.5 Å². The predicted octanol–water partition coefficient (Wildman–Crippen LogP) is 0.725. The maximum atomic E-state index is 12.1. The maximum Gasteiger partial charge on any atom is 0.235 e. The van der Waals surface area contributed by atoms with Crippen molar-refractivity contribution in [3.05, 3.63) is 0 Å². The van der Waals surface area contributed by atoms with E-state index in [1.807, 2.05) is 13.8 Å². The largest absolute Gasteiger partial charge is 0.337 e. The van der Waals surface area contributed by atoms with E-state index < -0.39 is 5.54 Å². The summed E-state index contributed by atoms with van der Waals surface area (Å²) >= 11 is 0. The fourth-order valence-electron chi connectivity index (χ4n) is 2.27. The van der Waals surface area contributed by atoms with E-state index in [0.29, 0.717) is 12.6 Å². The summed E-state index contributed by atoms with van der Waals surface area (Å²) in [5, 5.41) is 15.4. The van der Waals surface area contributed by atoms with Gasteiger partial charge in [-0.3, -0.25) is 9.69 Å². The summed E-state index contributed by atoms with van der Waals surface area (Å²) in [6.07, 6.45) is 1.08. The van der Waals surface area contributed by atoms with Crippen LogP contribution in [-0.4, -0.2) is 48.6 Å². The van der Waals surface area contributed by atoms with Crippen molar-refractivity contribution in [1.82, 2.24) is 15.5 Å². The molecule has 1 saturated heterocycles. The number of hydrogen-bond donors (Lipinski definition) is 2. The number of carbonyl (C=O) groups is 1. The third-order valence-corrected chi connectivity index (χ3v) is 4.09. The normalized spacial score (nSPS) is 22.3. The van der Waals surface area contributed by atoms with Gasteiger partial charge in [-0.2, -0.15) is 5.26 Å². The minimum Gasteiger partial charge on any atom is -0.337 e. The summed E-state index contributed by atoms with van der Waals surface area (Å²) in [5.41, 5.74) is -0.787. The number of hydrogen-bond acceptors (Lipinski definition) is 4. The number of carbonyl (C=O) groups excluding carboxylic acids is 1. The molecule has 0 spiro atoms. The quantitative estimate of drug-likeness (QED) is 0.743. The molecule has 1 heterocycles. The van der Waals surface area contributed by atoms with Gasteiger partial charge in [0.2, 0.25) is 5.91 Å². The molecule has 1 amide bonds. The van der Waals surface area contributed by atoms with Crippen molar-refractivity contribution in [3.63, 3.8) is 0 Å². The lowest BCUT2D eigenvalue weighted by atomic mass is 9.90. The molecule has 2 atom stereocenters. The summed E-state index contributed by atoms with van der Waals surface area (Å²) in [4.78, 5) is 14.3. The average molecular weight is 266 g/mol. The van der Waals surface area contributed by atoms with Crippen molar-refractivity contribution in [2.24, 2.45) is 5.92 Å². The Labute approximate surface area is 116 Å². The Morgan fingerprint density at radius 2 is 2.32 bits per heavy atom. The fraction of sp³-hybridized carbons (Fsp3) is 0.857. The van der Waals surface area contributed by atoms with Gasteiger partial charge >= 0.3 is 0 Å². The molecule has 2 unspecified atom stereocenters. The molecule has 1 rings (SSSR count). The van der Waals surface area contributed by atoms with Gasteiger partial charge in [-0.15, -0.1) is 0 Å². The molecule has 0 aliphatic carbocycles. The molecular formula is C14H26N4O. The van der Waals surface area contributed by atoms with Crippen molar-refractivity contribution in [2.75, 3.05) is 26.2 Å². The fourth-order valence-corrected chi connectivity index (χ4v) is 2.27. The van der Waals surface area contributed by atoms with Crippen molar-refractivity contribution < 1.29 is 4.79 Å². The van der Waals surface area contributed by atoms with Crippen molar-refractivity contribution in [3.8, 4) is 6.07 Å². The highest BCUT2D eigenvalue weighted by Crippen LogP contribution is 2.15. The molecule has 0 radical (unpaired) electrons. The topological polar surface area (TPSA) is 68.2 Å². The second kappa shape index (κ2) is 6.88. The Hall–Kier alpha value is -1.12. The van der Waals surface area contributed by atoms with Crippen LogP contribution >= 0.6 is 0 Å². The Morgan fingerprint density at radius 3 is 2.74 bits per heavy atom. The standard InChI is InChI=1S/C14H26N4O/c1-5-18(12-6-7-16-8-12)9-13(19)17-14(4,10-15)11(2)3/h11-12,16H,5-9H2,1-4H3,(H,17,19). The molecule has 1 aliphatic heterocycles. The second-order valence-electron chi connectivity index (χ2n) is 5.73. The van der Waals surface area contributed by atoms with E-state index >= 15 is 0 Å². The first kappa shape index (κ1) is 15.9. The van der Waals surface area contributed by atoms with E-state index in [0.717, 1.165) is 26.1 Å². The van der Waals surface area contributed by atoms with E-state index in [-0.39, 0.29) is 11.8 Å². The monoisotopic (exact) mass is 266 g/mol. The molecule has 0 bridgehead atoms. The van der Waals surface area contributed by atoms with Gasteiger partial charge in [0, 0.05) is 12.6 Å². The molecule has 0 saturated carbocycles. The Morgan fingerprint density at radius 1 is 1.63 bits per heavy atom. The van der Waals surface area contributed by atoms with Crippen LogP contribution in [0.4, 0.5) is 0 Å². The van der Waals surface area contributed by atoms with E-state index in [1.165, 1.54) is 0 Å². The number of nitriles is 1. The molecule has 1 fully saturated rings. The average Bonchev–Trinajstić information content (AvgIpc) is 2.89. The van der Waals surface area contributed by atoms with Crippen LogP contribution in [0.5, 0.6) is 0 Å². The van der Waals surface area contributed by atoms with Crippen LogP contribution in [0.25, 0.3) is 0 Å². The van der Waals surface area contributed by atoms with Crippen molar-refractivity contribution in [1.29, 1.82) is 5.26 Å². The number of rotatable bonds is 6. The van der Waals surface area contributed by atoms with Crippen LogP contribution in [0.3, 0.4) is 0 Å². The highest BCUT2D eigenvalue weighted by Gasteiger charge is 2.31. The molecule has 0 aromatic heterocycles. The number of nitrogens with one attached hydrogen (secondary N) is 2. The van der Waals surface area contributed by atoms with Crippen molar-refractivity contribution in [2.45, 2.75) is 45.7 Å². The van der Waals surface area contributed by atoms with Gasteiger partial charge in [0.1, 0.15) is 5.54 Å². The van der Waals surface area contributed by atoms with Gasteiger partial charge in [0.15, 0.2) is 0 Å². The zero-order chi connectivity index (χ0) is 14.5. The molecule has 0 aromatic rings. The highest BCUT2D eigenvalue weighted by atomic mass is 16.2. The summed E-state index contributed by atoms with van der Waals surface area (Å²) in [6.45, 7) is 10.9. The van der Waals surface area contributed by atoms with Gasteiger partial charge < -0.3 is 10.6 Å². The third kappa shape index (κ3) is 4.19. The zero-order valence-corrected chi connectivity index (χ0v) is 12.5. The molecule has 1 aliphatic rings. The minimum absolute atomic E-state index is 0.0634. The summed E-state index contributed by atoms with van der Waals surface area (Å²) in [5.74, 6) is 0.0242. The minimum atomic E-state index is -0.787. The lowest BCUT2D eigenvalue weighted by Gasteiger charge is -2.31. The van der Waals surface area contributed by atoms with E-state index in [9.17, 15) is 10.1 Å². The lowest BCUT2D eigenvalue weighted by Crippen LogP contribution is -2.53. The SMILES string of the molecule is CCN(CC(=O)NC(C)(C#N)C(C)C)C1CCNC1. The van der Waals surface area contributed by atoms with Crippen molar-refractivity contribution >= 4 is 5.91 Å². The summed E-state index contributed by atoms with van der Waals surface area (Å²) in [7, 11) is 0.